The van der Waals surface area contributed by atoms with E-state index in [1.54, 1.807) is 11.0 Å². The number of carbonyl (C=O) groups excluding carboxylic acids is 1. The summed E-state index contributed by atoms with van der Waals surface area (Å²) < 4.78 is 6.32. The van der Waals surface area contributed by atoms with Gasteiger partial charge in [0.2, 0.25) is 0 Å². The Balaban J connectivity index is 1.46. The Bertz CT molecular complexity index is 1170. The van der Waals surface area contributed by atoms with E-state index in [4.69, 9.17) is 22.2 Å². The highest BCUT2D eigenvalue weighted by molar-refractivity contribution is 8.27. The van der Waals surface area contributed by atoms with Crippen LogP contribution in [0.4, 0.5) is 5.69 Å². The molecule has 1 aliphatic heterocycles. The molecule has 6 heteroatoms. The van der Waals surface area contributed by atoms with Gasteiger partial charge in [-0.25, -0.2) is 0 Å². The highest BCUT2D eigenvalue weighted by Gasteiger charge is 2.33. The number of carbonyl (C=O) groups is 1. The zero-order valence-electron chi connectivity index (χ0n) is 15.8. The number of thiocarbonyl (C=S) groups is 1. The van der Waals surface area contributed by atoms with E-state index in [0.717, 1.165) is 16.8 Å². The maximum atomic E-state index is 12.8. The van der Waals surface area contributed by atoms with E-state index < -0.39 is 0 Å². The fourth-order valence-electron chi connectivity index (χ4n) is 3.00. The first kappa shape index (κ1) is 19.9. The van der Waals surface area contributed by atoms with Gasteiger partial charge in [-0.15, -0.1) is 0 Å². The minimum Gasteiger partial charge on any atom is -0.489 e. The van der Waals surface area contributed by atoms with Crippen LogP contribution in [0.1, 0.15) is 16.7 Å². The highest BCUT2D eigenvalue weighted by Crippen LogP contribution is 2.36. The van der Waals surface area contributed by atoms with E-state index in [1.165, 1.54) is 11.8 Å². The van der Waals surface area contributed by atoms with E-state index in [-0.39, 0.29) is 5.91 Å². The van der Waals surface area contributed by atoms with Crippen LogP contribution in [0.3, 0.4) is 0 Å². The van der Waals surface area contributed by atoms with Gasteiger partial charge in [0, 0.05) is 5.56 Å². The number of amides is 1. The van der Waals surface area contributed by atoms with Crippen LogP contribution >= 0.6 is 24.0 Å². The van der Waals surface area contributed by atoms with Gasteiger partial charge in [-0.3, -0.25) is 9.69 Å². The van der Waals surface area contributed by atoms with Crippen molar-refractivity contribution in [3.05, 3.63) is 100 Å². The molecule has 30 heavy (non-hydrogen) atoms. The second-order valence-electron chi connectivity index (χ2n) is 6.48. The first-order valence-corrected chi connectivity index (χ1v) is 10.4. The van der Waals surface area contributed by atoms with Crippen LogP contribution in [0.2, 0.25) is 0 Å². The topological polar surface area (TPSA) is 53.3 Å². The Labute approximate surface area is 184 Å². The third-order valence-corrected chi connectivity index (χ3v) is 5.82. The smallest absolute Gasteiger partial charge is 0.270 e. The number of benzene rings is 3. The van der Waals surface area contributed by atoms with Crippen molar-refractivity contribution >= 4 is 46.0 Å². The Kier molecular flexibility index (Phi) is 5.94. The van der Waals surface area contributed by atoms with E-state index in [0.29, 0.717) is 27.1 Å². The van der Waals surface area contributed by atoms with Crippen molar-refractivity contribution < 1.29 is 9.53 Å². The summed E-state index contributed by atoms with van der Waals surface area (Å²) >= 11 is 6.69. The molecule has 0 saturated carbocycles. The van der Waals surface area contributed by atoms with Crippen LogP contribution in [0.25, 0.3) is 6.08 Å². The summed E-state index contributed by atoms with van der Waals surface area (Å²) in [7, 11) is 0. The van der Waals surface area contributed by atoms with Crippen molar-refractivity contribution in [2.45, 2.75) is 6.61 Å². The Hall–Kier alpha value is -3.40. The average Bonchev–Trinajstić information content (AvgIpc) is 3.06. The lowest BCUT2D eigenvalue weighted by Gasteiger charge is -2.13. The third-order valence-electron chi connectivity index (χ3n) is 4.52. The average molecular weight is 429 g/mol. The molecule has 0 bridgehead atoms. The summed E-state index contributed by atoms with van der Waals surface area (Å²) in [6, 6.07) is 26.4. The number of nitrogens with zero attached hydrogens (tertiary/aromatic N) is 2. The van der Waals surface area contributed by atoms with Gasteiger partial charge in [0.05, 0.1) is 22.2 Å². The van der Waals surface area contributed by atoms with E-state index in [9.17, 15) is 4.79 Å². The molecule has 0 atom stereocenters. The molecule has 0 radical (unpaired) electrons. The van der Waals surface area contributed by atoms with Gasteiger partial charge in [0.15, 0.2) is 4.32 Å². The standard InChI is InChI=1S/C24H16N2O2S2/c25-15-18-6-4-5-7-19(18)16-28-21-12-10-17(11-13-21)14-22-23(27)26(24(29)30-22)20-8-2-1-3-9-20/h1-14H,16H2/b22-14-. The first-order valence-electron chi connectivity index (χ1n) is 9.19. The van der Waals surface area contributed by atoms with Crippen LogP contribution in [0.15, 0.2) is 83.8 Å². The maximum Gasteiger partial charge on any atom is 0.270 e. The SMILES string of the molecule is N#Cc1ccccc1COc1ccc(/C=C2\SC(=S)N(c3ccccc3)C2=O)cc1. The number of ether oxygens (including phenoxy) is 1. The summed E-state index contributed by atoms with van der Waals surface area (Å²) in [5, 5.41) is 9.17. The number of rotatable bonds is 5. The molecular formula is C24H16N2O2S2. The largest absolute Gasteiger partial charge is 0.489 e. The van der Waals surface area contributed by atoms with Crippen LogP contribution in [-0.2, 0) is 11.4 Å². The van der Waals surface area contributed by atoms with Crippen molar-refractivity contribution in [3.63, 3.8) is 0 Å². The molecular weight excluding hydrogens is 412 g/mol. The summed E-state index contributed by atoms with van der Waals surface area (Å²) in [4.78, 5) is 14.9. The number of nitriles is 1. The molecule has 1 amide bonds. The van der Waals surface area contributed by atoms with Gasteiger partial charge in [-0.05, 0) is 42.0 Å². The number of hydrogen-bond donors (Lipinski definition) is 0. The molecule has 146 valence electrons. The first-order chi connectivity index (χ1) is 14.7. The van der Waals surface area contributed by atoms with E-state index in [1.807, 2.05) is 78.9 Å². The zero-order chi connectivity index (χ0) is 20.9. The lowest BCUT2D eigenvalue weighted by atomic mass is 10.1. The normalized spacial score (nSPS) is 14.8. The minimum atomic E-state index is -0.121. The second-order valence-corrected chi connectivity index (χ2v) is 8.16. The van der Waals surface area contributed by atoms with E-state index in [2.05, 4.69) is 6.07 Å². The Morgan fingerprint density at radius 3 is 2.43 bits per heavy atom. The fraction of sp³-hybridized carbons (Fsp3) is 0.0417. The van der Waals surface area contributed by atoms with Gasteiger partial charge in [-0.2, -0.15) is 5.26 Å². The molecule has 1 aliphatic rings. The van der Waals surface area contributed by atoms with E-state index >= 15 is 0 Å². The van der Waals surface area contributed by atoms with Crippen molar-refractivity contribution in [2.24, 2.45) is 0 Å². The summed E-state index contributed by atoms with van der Waals surface area (Å²) in [6.45, 7) is 0.318. The van der Waals surface area contributed by atoms with Crippen LogP contribution < -0.4 is 9.64 Å². The molecule has 3 aromatic carbocycles. The predicted molar refractivity (Wildman–Crippen MR) is 124 cm³/mol. The van der Waals surface area contributed by atoms with Gasteiger partial charge in [-0.1, -0.05) is 72.5 Å². The molecule has 0 spiro atoms. The maximum absolute atomic E-state index is 12.8. The van der Waals surface area contributed by atoms with Crippen molar-refractivity contribution in [1.82, 2.24) is 0 Å². The van der Waals surface area contributed by atoms with Crippen molar-refractivity contribution in [2.75, 3.05) is 4.90 Å². The van der Waals surface area contributed by atoms with Gasteiger partial charge in [0.1, 0.15) is 12.4 Å². The highest BCUT2D eigenvalue weighted by atomic mass is 32.2. The van der Waals surface area contributed by atoms with Crippen LogP contribution in [0, 0.1) is 11.3 Å². The van der Waals surface area contributed by atoms with Crippen molar-refractivity contribution in [3.8, 4) is 11.8 Å². The summed E-state index contributed by atoms with van der Waals surface area (Å²) in [5.41, 5.74) is 3.10. The van der Waals surface area contributed by atoms with Crippen LogP contribution in [0.5, 0.6) is 5.75 Å². The second kappa shape index (κ2) is 8.95. The molecule has 0 aromatic heterocycles. The molecule has 1 saturated heterocycles. The molecule has 4 rings (SSSR count). The lowest BCUT2D eigenvalue weighted by Crippen LogP contribution is -2.27. The molecule has 0 unspecified atom stereocenters. The quantitative estimate of drug-likeness (QED) is 0.394. The van der Waals surface area contributed by atoms with Gasteiger partial charge >= 0.3 is 0 Å². The third kappa shape index (κ3) is 4.28. The van der Waals surface area contributed by atoms with Crippen molar-refractivity contribution in [1.29, 1.82) is 5.26 Å². The number of thioether (sulfide) groups is 1. The lowest BCUT2D eigenvalue weighted by molar-refractivity contribution is -0.113. The fourth-order valence-corrected chi connectivity index (χ4v) is 4.29. The molecule has 1 fully saturated rings. The zero-order valence-corrected chi connectivity index (χ0v) is 17.5. The molecule has 3 aromatic rings. The van der Waals surface area contributed by atoms with Gasteiger partial charge < -0.3 is 4.74 Å². The monoisotopic (exact) mass is 428 g/mol. The Morgan fingerprint density at radius 1 is 1.00 bits per heavy atom. The summed E-state index contributed by atoms with van der Waals surface area (Å²) in [6.07, 6.45) is 1.83. The molecule has 0 aliphatic carbocycles. The number of para-hydroxylation sites is 1. The summed E-state index contributed by atoms with van der Waals surface area (Å²) in [5.74, 6) is 0.571. The van der Waals surface area contributed by atoms with Gasteiger partial charge in [0.25, 0.3) is 5.91 Å². The number of hydrogen-bond acceptors (Lipinski definition) is 5. The number of anilines is 1. The Morgan fingerprint density at radius 2 is 1.70 bits per heavy atom. The predicted octanol–water partition coefficient (Wildman–Crippen LogP) is 5.54. The minimum absolute atomic E-state index is 0.121. The molecule has 4 nitrogen and oxygen atoms in total. The van der Waals surface area contributed by atoms with Crippen LogP contribution in [-0.4, -0.2) is 10.2 Å². The molecule has 0 N–H and O–H groups in total. The molecule has 1 heterocycles.